The Balaban J connectivity index is 2.30. The van der Waals surface area contributed by atoms with Crippen molar-refractivity contribution >= 4 is 17.7 Å². The fraction of sp³-hybridized carbons (Fsp3) is 0.250. The molecule has 5 N–H and O–H groups in total. The van der Waals surface area contributed by atoms with Gasteiger partial charge in [-0.3, -0.25) is 15.0 Å². The van der Waals surface area contributed by atoms with E-state index in [9.17, 15) is 19.8 Å². The predicted octanol–water partition coefficient (Wildman–Crippen LogP) is 1.49. The zero-order valence-corrected chi connectivity index (χ0v) is 16.1. The fourth-order valence-electron chi connectivity index (χ4n) is 2.78. The molecule has 9 nitrogen and oxygen atoms in total. The summed E-state index contributed by atoms with van der Waals surface area (Å²) in [6.45, 7) is -0.551. The highest BCUT2D eigenvalue weighted by Crippen LogP contribution is 2.31. The Labute approximate surface area is 167 Å². The molecular weight excluding hydrogens is 378 g/mol. The molecule has 0 saturated carbocycles. The van der Waals surface area contributed by atoms with Gasteiger partial charge in [0.05, 0.1) is 7.11 Å². The standard InChI is InChI=1S/C20H23N3O6/c1-28-14-7-8-15(16(24)9-14)18(29-2)20(27)23(11-17(25)26)10-12-3-5-13(6-4-12)19(21)22/h3-9,18,24H,10-11H2,1-2H3,(H3,21,22)(H,25,26). The number of amides is 1. The van der Waals surface area contributed by atoms with Crippen molar-refractivity contribution < 1.29 is 29.3 Å². The number of amidine groups is 1. The minimum Gasteiger partial charge on any atom is -0.507 e. The molecule has 0 aliphatic rings. The Bertz CT molecular complexity index is 898. The molecule has 0 aliphatic carbocycles. The number of aliphatic carboxylic acids is 1. The third-order valence-corrected chi connectivity index (χ3v) is 4.26. The molecule has 1 atom stereocenters. The van der Waals surface area contributed by atoms with Crippen molar-refractivity contribution in [3.63, 3.8) is 0 Å². The zero-order chi connectivity index (χ0) is 21.6. The van der Waals surface area contributed by atoms with E-state index in [1.165, 1.54) is 26.4 Å². The maximum Gasteiger partial charge on any atom is 0.323 e. The molecule has 9 heteroatoms. The molecule has 154 valence electrons. The summed E-state index contributed by atoms with van der Waals surface area (Å²) in [6, 6.07) is 10.9. The Morgan fingerprint density at radius 3 is 2.31 bits per heavy atom. The fourth-order valence-corrected chi connectivity index (χ4v) is 2.78. The van der Waals surface area contributed by atoms with Crippen molar-refractivity contribution in [3.8, 4) is 11.5 Å². The summed E-state index contributed by atoms with van der Waals surface area (Å²) in [7, 11) is 2.74. The van der Waals surface area contributed by atoms with Crippen LogP contribution >= 0.6 is 0 Å². The van der Waals surface area contributed by atoms with E-state index < -0.39 is 24.5 Å². The molecule has 2 aromatic carbocycles. The first-order valence-electron chi connectivity index (χ1n) is 8.60. The average molecular weight is 401 g/mol. The van der Waals surface area contributed by atoms with Crippen molar-refractivity contribution in [1.29, 1.82) is 5.41 Å². The van der Waals surface area contributed by atoms with Gasteiger partial charge in [0.1, 0.15) is 23.9 Å². The molecule has 0 bridgehead atoms. The molecule has 0 radical (unpaired) electrons. The number of aromatic hydroxyl groups is 1. The lowest BCUT2D eigenvalue weighted by Crippen LogP contribution is -2.39. The van der Waals surface area contributed by atoms with Gasteiger partial charge in [-0.1, -0.05) is 24.3 Å². The van der Waals surface area contributed by atoms with Gasteiger partial charge in [-0.2, -0.15) is 0 Å². The molecule has 2 rings (SSSR count). The van der Waals surface area contributed by atoms with Gasteiger partial charge in [0, 0.05) is 30.8 Å². The minimum absolute atomic E-state index is 0.0000939. The lowest BCUT2D eigenvalue weighted by Gasteiger charge is -2.26. The zero-order valence-electron chi connectivity index (χ0n) is 16.1. The maximum absolute atomic E-state index is 13.0. The maximum atomic E-state index is 13.0. The van der Waals surface area contributed by atoms with Crippen molar-refractivity contribution in [1.82, 2.24) is 4.90 Å². The molecule has 1 unspecified atom stereocenters. The van der Waals surface area contributed by atoms with Crippen LogP contribution in [-0.2, 0) is 20.9 Å². The summed E-state index contributed by atoms with van der Waals surface area (Å²) in [5.41, 5.74) is 6.79. The number of carbonyl (C=O) groups is 2. The molecule has 0 saturated heterocycles. The lowest BCUT2D eigenvalue weighted by molar-refractivity contribution is -0.150. The monoisotopic (exact) mass is 401 g/mol. The number of carbonyl (C=O) groups excluding carboxylic acids is 1. The summed E-state index contributed by atoms with van der Waals surface area (Å²) in [5.74, 6) is -1.70. The molecule has 2 aromatic rings. The van der Waals surface area contributed by atoms with E-state index in [0.29, 0.717) is 16.9 Å². The molecule has 0 aliphatic heterocycles. The lowest BCUT2D eigenvalue weighted by atomic mass is 10.1. The highest BCUT2D eigenvalue weighted by Gasteiger charge is 2.29. The normalized spacial score (nSPS) is 11.5. The summed E-state index contributed by atoms with van der Waals surface area (Å²) in [4.78, 5) is 25.5. The van der Waals surface area contributed by atoms with Crippen LogP contribution in [0.4, 0.5) is 0 Å². The van der Waals surface area contributed by atoms with Crippen molar-refractivity contribution in [2.75, 3.05) is 20.8 Å². The first-order valence-corrected chi connectivity index (χ1v) is 8.60. The summed E-state index contributed by atoms with van der Waals surface area (Å²) in [5, 5.41) is 26.9. The number of nitrogens with two attached hydrogens (primary N) is 1. The highest BCUT2D eigenvalue weighted by molar-refractivity contribution is 5.94. The number of methoxy groups -OCH3 is 2. The quantitative estimate of drug-likeness (QED) is 0.368. The van der Waals surface area contributed by atoms with Crippen LogP contribution in [0.3, 0.4) is 0 Å². The number of phenols is 1. The van der Waals surface area contributed by atoms with E-state index in [1.807, 2.05) is 0 Å². The van der Waals surface area contributed by atoms with Crippen LogP contribution in [0.5, 0.6) is 11.5 Å². The smallest absolute Gasteiger partial charge is 0.323 e. The van der Waals surface area contributed by atoms with Gasteiger partial charge in [-0.05, 0) is 17.7 Å². The number of nitrogens with one attached hydrogen (secondary N) is 1. The van der Waals surface area contributed by atoms with E-state index in [2.05, 4.69) is 0 Å². The van der Waals surface area contributed by atoms with Crippen LogP contribution in [-0.4, -0.2) is 53.6 Å². The predicted molar refractivity (Wildman–Crippen MR) is 105 cm³/mol. The van der Waals surface area contributed by atoms with E-state index in [1.54, 1.807) is 30.3 Å². The molecule has 1 amide bonds. The third kappa shape index (κ3) is 5.45. The van der Waals surface area contributed by atoms with Crippen LogP contribution in [0.2, 0.25) is 0 Å². The number of hydrogen-bond acceptors (Lipinski definition) is 6. The van der Waals surface area contributed by atoms with Gasteiger partial charge in [0.2, 0.25) is 0 Å². The van der Waals surface area contributed by atoms with E-state index in [-0.39, 0.29) is 23.7 Å². The first-order chi connectivity index (χ1) is 13.8. The summed E-state index contributed by atoms with van der Waals surface area (Å²) in [6.07, 6.45) is -1.20. The highest BCUT2D eigenvalue weighted by atomic mass is 16.5. The van der Waals surface area contributed by atoms with Crippen LogP contribution in [0, 0.1) is 5.41 Å². The number of rotatable bonds is 9. The second-order valence-electron chi connectivity index (χ2n) is 6.24. The number of phenolic OH excluding ortho intramolecular Hbond substituents is 1. The summed E-state index contributed by atoms with van der Waals surface area (Å²) < 4.78 is 10.3. The second kappa shape index (κ2) is 9.56. The number of ether oxygens (including phenoxy) is 2. The number of hydrogen-bond donors (Lipinski definition) is 4. The average Bonchev–Trinajstić information content (AvgIpc) is 2.69. The van der Waals surface area contributed by atoms with Gasteiger partial charge in [0.15, 0.2) is 6.10 Å². The van der Waals surface area contributed by atoms with Gasteiger partial charge in [0.25, 0.3) is 5.91 Å². The van der Waals surface area contributed by atoms with E-state index in [4.69, 9.17) is 20.6 Å². The molecule has 0 spiro atoms. The third-order valence-electron chi connectivity index (χ3n) is 4.26. The van der Waals surface area contributed by atoms with Crippen LogP contribution in [0.25, 0.3) is 0 Å². The molecule has 0 aromatic heterocycles. The van der Waals surface area contributed by atoms with E-state index in [0.717, 1.165) is 4.90 Å². The Kier molecular flexibility index (Phi) is 7.15. The number of carboxylic acids is 1. The molecule has 0 heterocycles. The van der Waals surface area contributed by atoms with Gasteiger partial charge < -0.3 is 30.3 Å². The van der Waals surface area contributed by atoms with Crippen LogP contribution in [0.1, 0.15) is 22.8 Å². The Morgan fingerprint density at radius 1 is 1.17 bits per heavy atom. The number of nitrogens with zero attached hydrogens (tertiary/aromatic N) is 1. The van der Waals surface area contributed by atoms with Gasteiger partial charge >= 0.3 is 5.97 Å². The summed E-state index contributed by atoms with van der Waals surface area (Å²) >= 11 is 0. The van der Waals surface area contributed by atoms with Crippen molar-refractivity contribution in [3.05, 3.63) is 59.2 Å². The first kappa shape index (κ1) is 21.7. The topological polar surface area (TPSA) is 146 Å². The number of nitrogen functional groups attached to an aromatic ring is 1. The van der Waals surface area contributed by atoms with Crippen molar-refractivity contribution in [2.24, 2.45) is 5.73 Å². The van der Waals surface area contributed by atoms with Gasteiger partial charge in [-0.15, -0.1) is 0 Å². The molecule has 29 heavy (non-hydrogen) atoms. The molecular formula is C20H23N3O6. The largest absolute Gasteiger partial charge is 0.507 e. The van der Waals surface area contributed by atoms with Crippen LogP contribution < -0.4 is 10.5 Å². The van der Waals surface area contributed by atoms with Crippen molar-refractivity contribution in [2.45, 2.75) is 12.6 Å². The Morgan fingerprint density at radius 2 is 1.83 bits per heavy atom. The molecule has 0 fully saturated rings. The number of benzene rings is 2. The Hall–Kier alpha value is -3.59. The van der Waals surface area contributed by atoms with E-state index >= 15 is 0 Å². The SMILES string of the molecule is COc1ccc(C(OC)C(=O)N(CC(=O)O)Cc2ccc(C(=N)N)cc2)c(O)c1. The number of carboxylic acid groups (broad SMARTS) is 1. The van der Waals surface area contributed by atoms with Crippen LogP contribution in [0.15, 0.2) is 42.5 Å². The van der Waals surface area contributed by atoms with Gasteiger partial charge in [-0.25, -0.2) is 0 Å². The second-order valence-corrected chi connectivity index (χ2v) is 6.24. The minimum atomic E-state index is -1.20.